The minimum Gasteiger partial charge on any atom is -0.496 e. The van der Waals surface area contributed by atoms with Crippen LogP contribution in [0.15, 0.2) is 18.2 Å². The smallest absolute Gasteiger partial charge is 0.308 e. The molecule has 0 radical (unpaired) electrons. The van der Waals surface area contributed by atoms with Crippen LogP contribution in [0.3, 0.4) is 0 Å². The number of ether oxygens (including phenoxy) is 1. The zero-order valence-corrected chi connectivity index (χ0v) is 11.7. The van der Waals surface area contributed by atoms with E-state index in [0.717, 1.165) is 0 Å². The number of amides is 1. The van der Waals surface area contributed by atoms with Gasteiger partial charge >= 0.3 is 5.97 Å². The normalized spacial score (nSPS) is 13.5. The minimum atomic E-state index is -0.962. The van der Waals surface area contributed by atoms with Crippen LogP contribution in [0.2, 0.25) is 5.02 Å². The fourth-order valence-electron chi connectivity index (χ4n) is 1.48. The number of rotatable bonds is 5. The van der Waals surface area contributed by atoms with Crippen LogP contribution in [0.25, 0.3) is 0 Å². The van der Waals surface area contributed by atoms with Gasteiger partial charge in [-0.1, -0.05) is 11.6 Å². The quantitative estimate of drug-likeness (QED) is 0.869. The molecule has 0 heterocycles. The molecule has 1 aromatic carbocycles. The van der Waals surface area contributed by atoms with Gasteiger partial charge in [0.25, 0.3) is 5.91 Å². The number of hydrogen-bond donors (Lipinski definition) is 2. The number of carbonyl (C=O) groups is 2. The fraction of sp³-hybridized carbons (Fsp3) is 0.385. The van der Waals surface area contributed by atoms with Gasteiger partial charge in [-0.25, -0.2) is 0 Å². The SMILES string of the molecule is COc1cc(Cl)ccc1C(=O)NC(C)C(C)C(=O)O. The Kier molecular flexibility index (Phi) is 5.18. The van der Waals surface area contributed by atoms with Crippen LogP contribution in [-0.4, -0.2) is 30.1 Å². The number of nitrogens with one attached hydrogen (secondary N) is 1. The molecule has 2 N–H and O–H groups in total. The predicted molar refractivity (Wildman–Crippen MR) is 71.7 cm³/mol. The number of halogens is 1. The summed E-state index contributed by atoms with van der Waals surface area (Å²) in [5.74, 6) is -1.69. The predicted octanol–water partition coefficient (Wildman–Crippen LogP) is 2.19. The lowest BCUT2D eigenvalue weighted by Gasteiger charge is -2.18. The molecule has 1 aromatic rings. The molecule has 1 rings (SSSR count). The molecule has 0 spiro atoms. The zero-order chi connectivity index (χ0) is 14.6. The Labute approximate surface area is 116 Å². The van der Waals surface area contributed by atoms with Crippen LogP contribution in [0.5, 0.6) is 5.75 Å². The van der Waals surface area contributed by atoms with Gasteiger partial charge < -0.3 is 15.2 Å². The second-order valence-electron chi connectivity index (χ2n) is 4.23. The molecule has 0 aromatic heterocycles. The van der Waals surface area contributed by atoms with Crippen LogP contribution >= 0.6 is 11.6 Å². The van der Waals surface area contributed by atoms with Crippen molar-refractivity contribution in [1.82, 2.24) is 5.32 Å². The van der Waals surface area contributed by atoms with Crippen LogP contribution in [-0.2, 0) is 4.79 Å². The molecular formula is C13H16ClNO4. The Morgan fingerprint density at radius 2 is 2.00 bits per heavy atom. The highest BCUT2D eigenvalue weighted by atomic mass is 35.5. The number of benzene rings is 1. The molecule has 2 atom stereocenters. The van der Waals surface area contributed by atoms with Crippen LogP contribution in [0.4, 0.5) is 0 Å². The summed E-state index contributed by atoms with van der Waals surface area (Å²) in [7, 11) is 1.44. The third kappa shape index (κ3) is 3.86. The third-order valence-electron chi connectivity index (χ3n) is 2.91. The summed E-state index contributed by atoms with van der Waals surface area (Å²) in [4.78, 5) is 22.9. The Bertz CT molecular complexity index is 490. The number of carbonyl (C=O) groups excluding carboxylic acids is 1. The van der Waals surface area contributed by atoms with E-state index in [9.17, 15) is 9.59 Å². The standard InChI is InChI=1S/C13H16ClNO4/c1-7(13(17)18)8(2)15-12(16)10-5-4-9(14)6-11(10)19-3/h4-8H,1-3H3,(H,15,16)(H,17,18). The van der Waals surface area contributed by atoms with Crippen LogP contribution < -0.4 is 10.1 Å². The van der Waals surface area contributed by atoms with E-state index in [1.807, 2.05) is 0 Å². The fourth-order valence-corrected chi connectivity index (χ4v) is 1.64. The average molecular weight is 286 g/mol. The molecule has 19 heavy (non-hydrogen) atoms. The largest absolute Gasteiger partial charge is 0.496 e. The summed E-state index contributed by atoms with van der Waals surface area (Å²) in [5, 5.41) is 12.0. The highest BCUT2D eigenvalue weighted by Crippen LogP contribution is 2.23. The number of methoxy groups -OCH3 is 1. The van der Waals surface area contributed by atoms with E-state index in [-0.39, 0.29) is 0 Å². The second kappa shape index (κ2) is 6.43. The topological polar surface area (TPSA) is 75.6 Å². The van der Waals surface area contributed by atoms with Crippen molar-refractivity contribution < 1.29 is 19.4 Å². The zero-order valence-electron chi connectivity index (χ0n) is 10.9. The van der Waals surface area contributed by atoms with E-state index in [1.165, 1.54) is 26.2 Å². The van der Waals surface area contributed by atoms with Gasteiger partial charge in [0.05, 0.1) is 18.6 Å². The van der Waals surface area contributed by atoms with E-state index in [2.05, 4.69) is 5.32 Å². The third-order valence-corrected chi connectivity index (χ3v) is 3.14. The molecule has 0 saturated carbocycles. The first kappa shape index (κ1) is 15.3. The maximum absolute atomic E-state index is 12.0. The number of aliphatic carboxylic acids is 1. The number of hydrogen-bond acceptors (Lipinski definition) is 3. The maximum atomic E-state index is 12.0. The summed E-state index contributed by atoms with van der Waals surface area (Å²) in [6, 6.07) is 4.14. The van der Waals surface area contributed by atoms with Gasteiger partial charge in [0.1, 0.15) is 5.75 Å². The van der Waals surface area contributed by atoms with Crippen molar-refractivity contribution in [1.29, 1.82) is 0 Å². The Morgan fingerprint density at radius 1 is 1.37 bits per heavy atom. The van der Waals surface area contributed by atoms with E-state index < -0.39 is 23.8 Å². The van der Waals surface area contributed by atoms with E-state index in [1.54, 1.807) is 13.0 Å². The number of carboxylic acid groups (broad SMARTS) is 1. The summed E-state index contributed by atoms with van der Waals surface area (Å²) >= 11 is 5.81. The molecule has 0 aliphatic carbocycles. The van der Waals surface area contributed by atoms with E-state index >= 15 is 0 Å². The van der Waals surface area contributed by atoms with Crippen molar-refractivity contribution in [3.8, 4) is 5.75 Å². The van der Waals surface area contributed by atoms with Gasteiger partial charge in [-0.2, -0.15) is 0 Å². The molecule has 1 amide bonds. The van der Waals surface area contributed by atoms with Gasteiger partial charge in [0.15, 0.2) is 0 Å². The Hall–Kier alpha value is -1.75. The molecule has 0 aliphatic heterocycles. The first-order valence-corrected chi connectivity index (χ1v) is 6.11. The van der Waals surface area contributed by atoms with Crippen LogP contribution in [0, 0.1) is 5.92 Å². The first-order chi connectivity index (χ1) is 8.86. The lowest BCUT2D eigenvalue weighted by Crippen LogP contribution is -2.40. The van der Waals surface area contributed by atoms with E-state index in [0.29, 0.717) is 16.3 Å². The molecule has 0 aliphatic rings. The molecule has 2 unspecified atom stereocenters. The van der Waals surface area contributed by atoms with Crippen molar-refractivity contribution in [2.45, 2.75) is 19.9 Å². The van der Waals surface area contributed by atoms with Crippen molar-refractivity contribution in [3.63, 3.8) is 0 Å². The molecular weight excluding hydrogens is 270 g/mol. The maximum Gasteiger partial charge on any atom is 0.308 e. The lowest BCUT2D eigenvalue weighted by atomic mass is 10.0. The van der Waals surface area contributed by atoms with Gasteiger partial charge in [0.2, 0.25) is 0 Å². The molecule has 0 bridgehead atoms. The molecule has 6 heteroatoms. The van der Waals surface area contributed by atoms with E-state index in [4.69, 9.17) is 21.4 Å². The Balaban J connectivity index is 2.87. The second-order valence-corrected chi connectivity index (χ2v) is 4.67. The van der Waals surface area contributed by atoms with Crippen molar-refractivity contribution in [2.24, 2.45) is 5.92 Å². The number of carboxylic acids is 1. The summed E-state index contributed by atoms with van der Waals surface area (Å²) in [5.41, 5.74) is 0.316. The monoisotopic (exact) mass is 285 g/mol. The minimum absolute atomic E-state index is 0.316. The Morgan fingerprint density at radius 3 is 2.53 bits per heavy atom. The van der Waals surface area contributed by atoms with Gasteiger partial charge in [-0.05, 0) is 32.0 Å². The van der Waals surface area contributed by atoms with Gasteiger partial charge in [0, 0.05) is 11.1 Å². The van der Waals surface area contributed by atoms with Gasteiger partial charge in [-0.15, -0.1) is 0 Å². The highest BCUT2D eigenvalue weighted by Gasteiger charge is 2.22. The first-order valence-electron chi connectivity index (χ1n) is 5.74. The van der Waals surface area contributed by atoms with Crippen molar-refractivity contribution >= 4 is 23.5 Å². The van der Waals surface area contributed by atoms with Gasteiger partial charge in [-0.3, -0.25) is 9.59 Å². The van der Waals surface area contributed by atoms with Crippen molar-refractivity contribution in [2.75, 3.05) is 7.11 Å². The summed E-state index contributed by atoms with van der Waals surface area (Å²) in [6.45, 7) is 3.17. The lowest BCUT2D eigenvalue weighted by molar-refractivity contribution is -0.141. The summed E-state index contributed by atoms with van der Waals surface area (Å²) in [6.07, 6.45) is 0. The summed E-state index contributed by atoms with van der Waals surface area (Å²) < 4.78 is 5.08. The molecule has 0 saturated heterocycles. The van der Waals surface area contributed by atoms with Crippen LogP contribution in [0.1, 0.15) is 24.2 Å². The molecule has 5 nitrogen and oxygen atoms in total. The average Bonchev–Trinajstić information content (AvgIpc) is 2.36. The highest BCUT2D eigenvalue weighted by molar-refractivity contribution is 6.30. The van der Waals surface area contributed by atoms with Crippen molar-refractivity contribution in [3.05, 3.63) is 28.8 Å². The molecule has 0 fully saturated rings. The molecule has 104 valence electrons.